The molecule has 21 heavy (non-hydrogen) atoms. The van der Waals surface area contributed by atoms with E-state index < -0.39 is 0 Å². The lowest BCUT2D eigenvalue weighted by Gasteiger charge is -2.29. The van der Waals surface area contributed by atoms with E-state index in [0.29, 0.717) is 12.5 Å². The topological polar surface area (TPSA) is 29.5 Å². The standard InChI is InChI=1S/C18H27NO2/c1-14(2)18-7-6-17(11-15(18)3)21-10-9-19-8-4-5-16(12-19)13-20/h6-7,11,13-14,16H,4-5,8-10,12H2,1-3H3. The smallest absolute Gasteiger partial charge is 0.124 e. The molecule has 0 spiro atoms. The van der Waals surface area contributed by atoms with Gasteiger partial charge in [-0.2, -0.15) is 0 Å². The van der Waals surface area contributed by atoms with E-state index in [9.17, 15) is 4.79 Å². The molecule has 3 nitrogen and oxygen atoms in total. The summed E-state index contributed by atoms with van der Waals surface area (Å²) in [5, 5.41) is 0. The number of aldehydes is 1. The van der Waals surface area contributed by atoms with Crippen LogP contribution in [0.15, 0.2) is 18.2 Å². The Hall–Kier alpha value is -1.35. The molecule has 0 bridgehead atoms. The highest BCUT2D eigenvalue weighted by molar-refractivity contribution is 5.53. The molecule has 1 unspecified atom stereocenters. The highest BCUT2D eigenvalue weighted by Gasteiger charge is 2.18. The zero-order valence-electron chi connectivity index (χ0n) is 13.5. The fourth-order valence-electron chi connectivity index (χ4n) is 3.08. The first-order chi connectivity index (χ1) is 10.1. The van der Waals surface area contributed by atoms with Gasteiger partial charge in [0.2, 0.25) is 0 Å². The number of nitrogens with zero attached hydrogens (tertiary/aromatic N) is 1. The van der Waals surface area contributed by atoms with Gasteiger partial charge in [0.05, 0.1) is 0 Å². The lowest BCUT2D eigenvalue weighted by atomic mass is 9.98. The van der Waals surface area contributed by atoms with Crippen molar-refractivity contribution in [3.05, 3.63) is 29.3 Å². The molecule has 0 aromatic heterocycles. The van der Waals surface area contributed by atoms with Gasteiger partial charge in [0.15, 0.2) is 0 Å². The summed E-state index contributed by atoms with van der Waals surface area (Å²) < 4.78 is 5.86. The van der Waals surface area contributed by atoms with Crippen LogP contribution in [0.5, 0.6) is 5.75 Å². The van der Waals surface area contributed by atoms with E-state index >= 15 is 0 Å². The maximum absolute atomic E-state index is 10.9. The minimum atomic E-state index is 0.214. The summed E-state index contributed by atoms with van der Waals surface area (Å²) >= 11 is 0. The summed E-state index contributed by atoms with van der Waals surface area (Å²) in [6, 6.07) is 6.35. The molecule has 1 saturated heterocycles. The molecule has 1 heterocycles. The van der Waals surface area contributed by atoms with Gasteiger partial charge in [-0.05, 0) is 55.5 Å². The number of aryl methyl sites for hydroxylation is 1. The third-order valence-corrected chi connectivity index (χ3v) is 4.27. The molecule has 1 atom stereocenters. The number of hydrogen-bond donors (Lipinski definition) is 0. The quantitative estimate of drug-likeness (QED) is 0.752. The molecule has 1 aromatic carbocycles. The van der Waals surface area contributed by atoms with Gasteiger partial charge >= 0.3 is 0 Å². The molecule has 0 aliphatic carbocycles. The molecule has 0 radical (unpaired) electrons. The zero-order chi connectivity index (χ0) is 15.2. The maximum Gasteiger partial charge on any atom is 0.124 e. The Kier molecular flexibility index (Phi) is 5.80. The van der Waals surface area contributed by atoms with E-state index in [1.165, 1.54) is 11.1 Å². The Morgan fingerprint density at radius 3 is 2.90 bits per heavy atom. The number of ether oxygens (including phenoxy) is 1. The highest BCUT2D eigenvalue weighted by atomic mass is 16.5. The Morgan fingerprint density at radius 1 is 1.43 bits per heavy atom. The summed E-state index contributed by atoms with van der Waals surface area (Å²) in [4.78, 5) is 13.2. The van der Waals surface area contributed by atoms with Crippen LogP contribution in [0.2, 0.25) is 0 Å². The van der Waals surface area contributed by atoms with Gasteiger partial charge in [-0.1, -0.05) is 19.9 Å². The molecule has 0 N–H and O–H groups in total. The third kappa shape index (κ3) is 4.57. The zero-order valence-corrected chi connectivity index (χ0v) is 13.5. The molecule has 1 aromatic rings. The molecule has 3 heteroatoms. The normalized spacial score (nSPS) is 19.7. The molecule has 1 fully saturated rings. The minimum Gasteiger partial charge on any atom is -0.492 e. The van der Waals surface area contributed by atoms with E-state index in [2.05, 4.69) is 43.9 Å². The van der Waals surface area contributed by atoms with Crippen molar-refractivity contribution in [2.75, 3.05) is 26.2 Å². The second-order valence-corrected chi connectivity index (χ2v) is 6.36. The molecular formula is C18H27NO2. The van der Waals surface area contributed by atoms with E-state index in [-0.39, 0.29) is 5.92 Å². The van der Waals surface area contributed by atoms with Gasteiger partial charge in [0, 0.05) is 19.0 Å². The molecule has 0 amide bonds. The Labute approximate surface area is 128 Å². The number of carbonyl (C=O) groups excluding carboxylic acids is 1. The van der Waals surface area contributed by atoms with Gasteiger partial charge in [-0.15, -0.1) is 0 Å². The minimum absolute atomic E-state index is 0.214. The SMILES string of the molecule is Cc1cc(OCCN2CCCC(C=O)C2)ccc1C(C)C. The molecule has 1 aliphatic rings. The fraction of sp³-hybridized carbons (Fsp3) is 0.611. The largest absolute Gasteiger partial charge is 0.492 e. The Bertz CT molecular complexity index is 470. The maximum atomic E-state index is 10.9. The summed E-state index contributed by atoms with van der Waals surface area (Å²) in [7, 11) is 0. The van der Waals surface area contributed by atoms with Gasteiger partial charge in [-0.3, -0.25) is 4.90 Å². The van der Waals surface area contributed by atoms with Crippen LogP contribution < -0.4 is 4.74 Å². The van der Waals surface area contributed by atoms with Crippen LogP contribution in [0.25, 0.3) is 0 Å². The predicted octanol–water partition coefficient (Wildman–Crippen LogP) is 3.41. The third-order valence-electron chi connectivity index (χ3n) is 4.27. The summed E-state index contributed by atoms with van der Waals surface area (Å²) in [6.07, 6.45) is 3.25. The fourth-order valence-corrected chi connectivity index (χ4v) is 3.08. The molecule has 116 valence electrons. The second-order valence-electron chi connectivity index (χ2n) is 6.36. The first-order valence-electron chi connectivity index (χ1n) is 8.01. The molecule has 0 saturated carbocycles. The Balaban J connectivity index is 1.80. The average molecular weight is 289 g/mol. The van der Waals surface area contributed by atoms with Crippen molar-refractivity contribution in [2.24, 2.45) is 5.92 Å². The van der Waals surface area contributed by atoms with Crippen LogP contribution in [0.1, 0.15) is 43.7 Å². The molecule has 1 aliphatic heterocycles. The van der Waals surface area contributed by atoms with Gasteiger partial charge in [-0.25, -0.2) is 0 Å². The van der Waals surface area contributed by atoms with Crippen molar-refractivity contribution in [3.8, 4) is 5.75 Å². The lowest BCUT2D eigenvalue weighted by Crippen LogP contribution is -2.38. The van der Waals surface area contributed by atoms with Crippen LogP contribution >= 0.6 is 0 Å². The van der Waals surface area contributed by atoms with Crippen LogP contribution in [0.4, 0.5) is 0 Å². The van der Waals surface area contributed by atoms with Crippen molar-refractivity contribution >= 4 is 6.29 Å². The van der Waals surface area contributed by atoms with Crippen LogP contribution in [0.3, 0.4) is 0 Å². The number of likely N-dealkylation sites (tertiary alicyclic amines) is 1. The average Bonchev–Trinajstić information content (AvgIpc) is 2.47. The van der Waals surface area contributed by atoms with E-state index in [1.807, 2.05) is 0 Å². The van der Waals surface area contributed by atoms with Crippen molar-refractivity contribution in [1.29, 1.82) is 0 Å². The summed E-state index contributed by atoms with van der Waals surface area (Å²) in [6.45, 7) is 10.1. The highest BCUT2D eigenvalue weighted by Crippen LogP contribution is 2.23. The van der Waals surface area contributed by atoms with Crippen LogP contribution in [-0.4, -0.2) is 37.4 Å². The molecular weight excluding hydrogens is 262 g/mol. The number of benzene rings is 1. The number of piperidine rings is 1. The first kappa shape index (κ1) is 16.0. The number of carbonyl (C=O) groups is 1. The van der Waals surface area contributed by atoms with Crippen molar-refractivity contribution < 1.29 is 9.53 Å². The lowest BCUT2D eigenvalue weighted by molar-refractivity contribution is -0.112. The van der Waals surface area contributed by atoms with Gasteiger partial charge in [0.1, 0.15) is 18.6 Å². The predicted molar refractivity (Wildman–Crippen MR) is 86.0 cm³/mol. The van der Waals surface area contributed by atoms with Crippen molar-refractivity contribution in [2.45, 2.75) is 39.5 Å². The van der Waals surface area contributed by atoms with Crippen LogP contribution in [-0.2, 0) is 4.79 Å². The summed E-state index contributed by atoms with van der Waals surface area (Å²) in [5.41, 5.74) is 2.67. The van der Waals surface area contributed by atoms with Gasteiger partial charge < -0.3 is 9.53 Å². The molecule has 2 rings (SSSR count). The first-order valence-corrected chi connectivity index (χ1v) is 8.01. The summed E-state index contributed by atoms with van der Waals surface area (Å²) in [5.74, 6) is 1.71. The van der Waals surface area contributed by atoms with E-state index in [1.54, 1.807) is 0 Å². The van der Waals surface area contributed by atoms with Gasteiger partial charge in [0.25, 0.3) is 0 Å². The van der Waals surface area contributed by atoms with E-state index in [4.69, 9.17) is 4.74 Å². The monoisotopic (exact) mass is 289 g/mol. The van der Waals surface area contributed by atoms with Crippen molar-refractivity contribution in [1.82, 2.24) is 4.90 Å². The second kappa shape index (κ2) is 7.60. The number of rotatable bonds is 6. The van der Waals surface area contributed by atoms with Crippen LogP contribution in [0, 0.1) is 12.8 Å². The number of hydrogen-bond acceptors (Lipinski definition) is 3. The van der Waals surface area contributed by atoms with E-state index in [0.717, 1.165) is 44.5 Å². The Morgan fingerprint density at radius 2 is 2.24 bits per heavy atom. The van der Waals surface area contributed by atoms with Crippen molar-refractivity contribution in [3.63, 3.8) is 0 Å².